The molecule has 1 amide bonds. The zero-order valence-corrected chi connectivity index (χ0v) is 15.2. The van der Waals surface area contributed by atoms with Gasteiger partial charge in [0.1, 0.15) is 5.69 Å². The van der Waals surface area contributed by atoms with Gasteiger partial charge in [0.25, 0.3) is 11.6 Å². The molecule has 0 radical (unpaired) electrons. The number of benzene rings is 2. The van der Waals surface area contributed by atoms with Crippen molar-refractivity contribution in [2.45, 2.75) is 38.5 Å². The van der Waals surface area contributed by atoms with Gasteiger partial charge in [-0.3, -0.25) is 14.9 Å². The molecule has 0 saturated carbocycles. The molecule has 0 atom stereocenters. The van der Waals surface area contributed by atoms with E-state index in [4.69, 9.17) is 0 Å². The van der Waals surface area contributed by atoms with E-state index >= 15 is 0 Å². The molecule has 2 aromatic rings. The zero-order chi connectivity index (χ0) is 18.8. The van der Waals surface area contributed by atoms with Gasteiger partial charge in [-0.25, -0.2) is 0 Å². The summed E-state index contributed by atoms with van der Waals surface area (Å²) in [6.45, 7) is 1.64. The molecule has 0 unspecified atom stereocenters. The van der Waals surface area contributed by atoms with Gasteiger partial charge in [0.05, 0.1) is 4.92 Å². The van der Waals surface area contributed by atoms with Crippen LogP contribution in [0.2, 0.25) is 0 Å². The van der Waals surface area contributed by atoms with E-state index in [1.54, 1.807) is 12.1 Å². The first kappa shape index (κ1) is 17.5. The first-order valence-electron chi connectivity index (χ1n) is 9.59. The van der Waals surface area contributed by atoms with Crippen molar-refractivity contribution in [2.75, 3.05) is 23.3 Å². The molecule has 1 saturated heterocycles. The van der Waals surface area contributed by atoms with Crippen molar-refractivity contribution in [3.8, 4) is 0 Å². The lowest BCUT2D eigenvalue weighted by atomic mass is 9.90. The van der Waals surface area contributed by atoms with E-state index in [1.165, 1.54) is 23.6 Å². The van der Waals surface area contributed by atoms with Gasteiger partial charge in [-0.2, -0.15) is 0 Å². The van der Waals surface area contributed by atoms with Gasteiger partial charge in [-0.1, -0.05) is 12.1 Å². The molecule has 4 rings (SSSR count). The SMILES string of the molecule is O=C(Nc1cccc2c1CCCC2)c1ccc(N2CCCC2)c([N+](=O)[O-])c1. The minimum Gasteiger partial charge on any atom is -0.366 e. The van der Waals surface area contributed by atoms with Crippen LogP contribution >= 0.6 is 0 Å². The second-order valence-electron chi connectivity index (χ2n) is 7.26. The van der Waals surface area contributed by atoms with Crippen LogP contribution in [0.1, 0.15) is 47.2 Å². The number of amides is 1. The molecule has 6 heteroatoms. The van der Waals surface area contributed by atoms with E-state index < -0.39 is 4.92 Å². The Kier molecular flexibility index (Phi) is 4.79. The Morgan fingerprint density at radius 1 is 1.04 bits per heavy atom. The highest BCUT2D eigenvalue weighted by atomic mass is 16.6. The highest BCUT2D eigenvalue weighted by Gasteiger charge is 2.24. The van der Waals surface area contributed by atoms with Crippen LogP contribution in [0.25, 0.3) is 0 Å². The fraction of sp³-hybridized carbons (Fsp3) is 0.381. The molecule has 1 aliphatic carbocycles. The van der Waals surface area contributed by atoms with E-state index in [9.17, 15) is 14.9 Å². The quantitative estimate of drug-likeness (QED) is 0.646. The lowest BCUT2D eigenvalue weighted by Crippen LogP contribution is -2.20. The third-order valence-electron chi connectivity index (χ3n) is 5.53. The molecular formula is C21H23N3O3. The highest BCUT2D eigenvalue weighted by molar-refractivity contribution is 6.05. The van der Waals surface area contributed by atoms with Crippen LogP contribution in [0, 0.1) is 10.1 Å². The van der Waals surface area contributed by atoms with Crippen LogP contribution in [0.5, 0.6) is 0 Å². The normalized spacial score (nSPS) is 16.1. The minimum atomic E-state index is -0.394. The van der Waals surface area contributed by atoms with Crippen LogP contribution < -0.4 is 10.2 Å². The van der Waals surface area contributed by atoms with Crippen molar-refractivity contribution in [2.24, 2.45) is 0 Å². The fourth-order valence-electron chi connectivity index (χ4n) is 4.13. The van der Waals surface area contributed by atoms with Gasteiger partial charge in [0.15, 0.2) is 0 Å². The second-order valence-corrected chi connectivity index (χ2v) is 7.26. The summed E-state index contributed by atoms with van der Waals surface area (Å²) < 4.78 is 0. The molecule has 140 valence electrons. The Bertz CT molecular complexity index is 888. The number of nitro groups is 1. The molecule has 2 aromatic carbocycles. The summed E-state index contributed by atoms with van der Waals surface area (Å²) in [6, 6.07) is 10.8. The van der Waals surface area contributed by atoms with Gasteiger partial charge in [-0.15, -0.1) is 0 Å². The van der Waals surface area contributed by atoms with E-state index in [2.05, 4.69) is 11.4 Å². The summed E-state index contributed by atoms with van der Waals surface area (Å²) in [4.78, 5) is 25.9. The molecule has 2 aliphatic rings. The third-order valence-corrected chi connectivity index (χ3v) is 5.53. The Hall–Kier alpha value is -2.89. The molecule has 1 N–H and O–H groups in total. The molecule has 1 aliphatic heterocycles. The number of fused-ring (bicyclic) bond motifs is 1. The number of rotatable bonds is 4. The number of nitro benzene ring substituents is 1. The van der Waals surface area contributed by atoms with Gasteiger partial charge in [-0.05, 0) is 67.9 Å². The zero-order valence-electron chi connectivity index (χ0n) is 15.2. The lowest BCUT2D eigenvalue weighted by molar-refractivity contribution is -0.384. The Morgan fingerprint density at radius 2 is 1.81 bits per heavy atom. The van der Waals surface area contributed by atoms with Gasteiger partial charge >= 0.3 is 0 Å². The largest absolute Gasteiger partial charge is 0.366 e. The van der Waals surface area contributed by atoms with Crippen molar-refractivity contribution in [3.63, 3.8) is 0 Å². The predicted molar refractivity (Wildman–Crippen MR) is 106 cm³/mol. The van der Waals surface area contributed by atoms with Gasteiger partial charge in [0, 0.05) is 30.4 Å². The summed E-state index contributed by atoms with van der Waals surface area (Å²) in [7, 11) is 0. The number of hydrogen-bond donors (Lipinski definition) is 1. The Morgan fingerprint density at radius 3 is 2.59 bits per heavy atom. The van der Waals surface area contributed by atoms with Crippen LogP contribution in [0.4, 0.5) is 17.1 Å². The highest BCUT2D eigenvalue weighted by Crippen LogP contribution is 2.32. The molecule has 1 heterocycles. The summed E-state index contributed by atoms with van der Waals surface area (Å²) in [5.41, 5.74) is 4.22. The maximum atomic E-state index is 12.8. The number of carbonyl (C=O) groups is 1. The van der Waals surface area contributed by atoms with E-state index in [0.29, 0.717) is 11.3 Å². The average Bonchev–Trinajstić information content (AvgIpc) is 3.22. The van der Waals surface area contributed by atoms with Crippen molar-refractivity contribution < 1.29 is 9.72 Å². The smallest absolute Gasteiger partial charge is 0.293 e. The molecule has 27 heavy (non-hydrogen) atoms. The standard InChI is InChI=1S/C21H23N3O3/c25-21(22-18-9-5-7-15-6-1-2-8-17(15)18)16-10-11-19(20(14-16)24(26)27)23-12-3-4-13-23/h5,7,9-11,14H,1-4,6,8,12-13H2,(H,22,25). The monoisotopic (exact) mass is 365 g/mol. The summed E-state index contributed by atoms with van der Waals surface area (Å²) in [5, 5.41) is 14.5. The number of anilines is 2. The minimum absolute atomic E-state index is 0.000333. The van der Waals surface area contributed by atoms with Gasteiger partial charge in [0.2, 0.25) is 0 Å². The molecule has 1 fully saturated rings. The lowest BCUT2D eigenvalue weighted by Gasteiger charge is -2.20. The molecular weight excluding hydrogens is 342 g/mol. The maximum absolute atomic E-state index is 12.8. The van der Waals surface area contributed by atoms with Crippen molar-refractivity contribution in [1.29, 1.82) is 0 Å². The van der Waals surface area contributed by atoms with E-state index in [1.807, 2.05) is 17.0 Å². The van der Waals surface area contributed by atoms with Crippen molar-refractivity contribution in [1.82, 2.24) is 0 Å². The molecule has 0 spiro atoms. The Balaban J connectivity index is 1.61. The van der Waals surface area contributed by atoms with Crippen LogP contribution in [-0.2, 0) is 12.8 Å². The maximum Gasteiger partial charge on any atom is 0.293 e. The topological polar surface area (TPSA) is 75.5 Å². The number of aryl methyl sites for hydroxylation is 1. The summed E-state index contributed by atoms with van der Waals surface area (Å²) in [6.07, 6.45) is 6.37. The molecule has 0 aromatic heterocycles. The van der Waals surface area contributed by atoms with Gasteiger partial charge < -0.3 is 10.2 Å². The number of hydrogen-bond acceptors (Lipinski definition) is 4. The average molecular weight is 365 g/mol. The van der Waals surface area contributed by atoms with E-state index in [0.717, 1.165) is 50.9 Å². The fourth-order valence-corrected chi connectivity index (χ4v) is 4.13. The molecule has 0 bridgehead atoms. The number of nitrogens with one attached hydrogen (secondary N) is 1. The van der Waals surface area contributed by atoms with Crippen LogP contribution in [-0.4, -0.2) is 23.9 Å². The summed E-state index contributed by atoms with van der Waals surface area (Å²) >= 11 is 0. The number of nitrogens with zero attached hydrogens (tertiary/aromatic N) is 2. The van der Waals surface area contributed by atoms with Crippen LogP contribution in [0.15, 0.2) is 36.4 Å². The number of carbonyl (C=O) groups excluding carboxylic acids is 1. The van der Waals surface area contributed by atoms with Crippen molar-refractivity contribution >= 4 is 23.0 Å². The predicted octanol–water partition coefficient (Wildman–Crippen LogP) is 4.33. The van der Waals surface area contributed by atoms with Crippen LogP contribution in [0.3, 0.4) is 0 Å². The Labute approximate surface area is 158 Å². The first-order chi connectivity index (χ1) is 13.1. The van der Waals surface area contributed by atoms with Crippen molar-refractivity contribution in [3.05, 3.63) is 63.2 Å². The third kappa shape index (κ3) is 3.52. The first-order valence-corrected chi connectivity index (χ1v) is 9.59. The van der Waals surface area contributed by atoms with E-state index in [-0.39, 0.29) is 11.6 Å². The molecule has 6 nitrogen and oxygen atoms in total. The second kappa shape index (κ2) is 7.39. The summed E-state index contributed by atoms with van der Waals surface area (Å²) in [5.74, 6) is -0.301.